The first-order valence-corrected chi connectivity index (χ1v) is 7.02. The summed E-state index contributed by atoms with van der Waals surface area (Å²) in [5.41, 5.74) is 1.20. The maximum Gasteiger partial charge on any atom is 0.120 e. The quantitative estimate of drug-likeness (QED) is 0.922. The maximum atomic E-state index is 9.09. The smallest absolute Gasteiger partial charge is 0.120 e. The Balaban J connectivity index is 1.91. The van der Waals surface area contributed by atoms with E-state index in [4.69, 9.17) is 9.84 Å². The molecule has 1 N–H and O–H groups in total. The van der Waals surface area contributed by atoms with Gasteiger partial charge in [0.15, 0.2) is 0 Å². The van der Waals surface area contributed by atoms with Gasteiger partial charge in [-0.3, -0.25) is 0 Å². The van der Waals surface area contributed by atoms with Gasteiger partial charge >= 0.3 is 0 Å². The molecule has 0 spiro atoms. The molecule has 0 radical (unpaired) electrons. The van der Waals surface area contributed by atoms with Crippen molar-refractivity contribution in [1.82, 2.24) is 0 Å². The van der Waals surface area contributed by atoms with Crippen LogP contribution in [0.1, 0.15) is 31.2 Å². The molecule has 0 amide bonds. The number of hydrogen-bond acceptors (Lipinski definition) is 2. The second-order valence-corrected chi connectivity index (χ2v) is 5.71. The molecule has 0 unspecified atom stereocenters. The molecule has 0 aromatic heterocycles. The van der Waals surface area contributed by atoms with E-state index < -0.39 is 0 Å². The monoisotopic (exact) mass is 298 g/mol. The summed E-state index contributed by atoms with van der Waals surface area (Å²) in [4.78, 5) is 0. The van der Waals surface area contributed by atoms with Crippen LogP contribution in [0.3, 0.4) is 0 Å². The van der Waals surface area contributed by atoms with Gasteiger partial charge in [-0.2, -0.15) is 0 Å². The zero-order valence-corrected chi connectivity index (χ0v) is 11.7. The number of aliphatic hydroxyl groups is 1. The van der Waals surface area contributed by atoms with Gasteiger partial charge in [0.1, 0.15) is 5.75 Å². The molecular formula is C14H19BrO2. The molecule has 1 saturated carbocycles. The fraction of sp³-hybridized carbons (Fsp3) is 0.571. The highest BCUT2D eigenvalue weighted by Crippen LogP contribution is 2.28. The zero-order valence-electron chi connectivity index (χ0n) is 10.2. The van der Waals surface area contributed by atoms with Gasteiger partial charge in [0.2, 0.25) is 0 Å². The van der Waals surface area contributed by atoms with Crippen molar-refractivity contribution < 1.29 is 9.84 Å². The third-order valence-corrected chi connectivity index (χ3v) is 4.37. The molecule has 0 saturated heterocycles. The van der Waals surface area contributed by atoms with E-state index >= 15 is 0 Å². The summed E-state index contributed by atoms with van der Waals surface area (Å²) >= 11 is 3.49. The average molecular weight is 299 g/mol. The second kappa shape index (κ2) is 5.87. The van der Waals surface area contributed by atoms with Crippen LogP contribution in [0.25, 0.3) is 0 Å². The lowest BCUT2D eigenvalue weighted by atomic mass is 9.88. The van der Waals surface area contributed by atoms with Crippen molar-refractivity contribution in [1.29, 1.82) is 0 Å². The lowest BCUT2D eigenvalue weighted by Crippen LogP contribution is -2.25. The molecule has 0 atom stereocenters. The molecule has 0 heterocycles. The van der Waals surface area contributed by atoms with E-state index in [-0.39, 0.29) is 0 Å². The van der Waals surface area contributed by atoms with E-state index in [0.717, 1.165) is 35.9 Å². The summed E-state index contributed by atoms with van der Waals surface area (Å²) in [5, 5.41) is 9.09. The summed E-state index contributed by atoms with van der Waals surface area (Å²) in [6.07, 6.45) is 4.59. The Labute approximate surface area is 111 Å². The summed E-state index contributed by atoms with van der Waals surface area (Å²) in [5.74, 6) is 1.44. The Morgan fingerprint density at radius 2 is 2.00 bits per heavy atom. The van der Waals surface area contributed by atoms with Gasteiger partial charge in [0.25, 0.3) is 0 Å². The molecular weight excluding hydrogens is 280 g/mol. The summed E-state index contributed by atoms with van der Waals surface area (Å²) in [6.45, 7) is 2.39. The predicted octanol–water partition coefficient (Wildman–Crippen LogP) is 3.69. The number of aryl methyl sites for hydroxylation is 1. The van der Waals surface area contributed by atoms with Crippen LogP contribution in [-0.4, -0.2) is 17.8 Å². The van der Waals surface area contributed by atoms with E-state index in [9.17, 15) is 0 Å². The van der Waals surface area contributed by atoms with E-state index in [1.807, 2.05) is 12.1 Å². The fourth-order valence-electron chi connectivity index (χ4n) is 2.32. The molecule has 1 aliphatic carbocycles. The normalized spacial score (nSPS) is 24.6. The van der Waals surface area contributed by atoms with Crippen LogP contribution in [0, 0.1) is 12.8 Å². The molecule has 2 nitrogen and oxygen atoms in total. The third-order valence-electron chi connectivity index (χ3n) is 3.48. The van der Waals surface area contributed by atoms with Gasteiger partial charge in [-0.1, -0.05) is 15.9 Å². The number of aliphatic hydroxyl groups excluding tert-OH is 1. The molecule has 1 aromatic rings. The van der Waals surface area contributed by atoms with Crippen LogP contribution in [0.4, 0.5) is 0 Å². The molecule has 94 valence electrons. The SMILES string of the molecule is Cc1cc(O[C@H]2CC[C@H](CO)CC2)ccc1Br. The van der Waals surface area contributed by atoms with Crippen LogP contribution in [0.15, 0.2) is 22.7 Å². The Morgan fingerprint density at radius 1 is 1.29 bits per heavy atom. The first-order valence-electron chi connectivity index (χ1n) is 6.22. The topological polar surface area (TPSA) is 29.5 Å². The highest BCUT2D eigenvalue weighted by molar-refractivity contribution is 9.10. The summed E-state index contributed by atoms with van der Waals surface area (Å²) < 4.78 is 7.10. The van der Waals surface area contributed by atoms with Gasteiger partial charge in [0, 0.05) is 11.1 Å². The van der Waals surface area contributed by atoms with Crippen LogP contribution in [-0.2, 0) is 0 Å². The first kappa shape index (κ1) is 12.9. The largest absolute Gasteiger partial charge is 0.490 e. The number of halogens is 1. The minimum absolute atomic E-state index is 0.318. The third kappa shape index (κ3) is 3.46. The first-order chi connectivity index (χ1) is 8.19. The van der Waals surface area contributed by atoms with Crippen LogP contribution in [0.5, 0.6) is 5.75 Å². The molecule has 0 bridgehead atoms. The van der Waals surface area contributed by atoms with Crippen molar-refractivity contribution in [3.8, 4) is 5.75 Å². The Hall–Kier alpha value is -0.540. The van der Waals surface area contributed by atoms with Gasteiger partial charge < -0.3 is 9.84 Å². The van der Waals surface area contributed by atoms with Crippen LogP contribution < -0.4 is 4.74 Å². The van der Waals surface area contributed by atoms with Gasteiger partial charge in [-0.25, -0.2) is 0 Å². The Morgan fingerprint density at radius 3 is 2.59 bits per heavy atom. The van der Waals surface area contributed by atoms with Crippen molar-refractivity contribution >= 4 is 15.9 Å². The van der Waals surface area contributed by atoms with Crippen molar-refractivity contribution in [2.45, 2.75) is 38.7 Å². The van der Waals surface area contributed by atoms with E-state index in [2.05, 4.69) is 28.9 Å². The van der Waals surface area contributed by atoms with Crippen LogP contribution >= 0.6 is 15.9 Å². The zero-order chi connectivity index (χ0) is 12.3. The molecule has 1 aliphatic rings. The second-order valence-electron chi connectivity index (χ2n) is 4.85. The number of rotatable bonds is 3. The molecule has 0 aliphatic heterocycles. The predicted molar refractivity (Wildman–Crippen MR) is 72.3 cm³/mol. The van der Waals surface area contributed by atoms with Gasteiger partial charge in [0.05, 0.1) is 6.10 Å². The summed E-state index contributed by atoms with van der Waals surface area (Å²) in [6, 6.07) is 6.11. The van der Waals surface area contributed by atoms with Crippen molar-refractivity contribution in [2.24, 2.45) is 5.92 Å². The van der Waals surface area contributed by atoms with Crippen LogP contribution in [0.2, 0.25) is 0 Å². The van der Waals surface area contributed by atoms with Crippen molar-refractivity contribution in [3.05, 3.63) is 28.2 Å². The molecule has 2 rings (SSSR count). The standard InChI is InChI=1S/C14H19BrO2/c1-10-8-13(6-7-14(10)15)17-12-4-2-11(9-16)3-5-12/h6-8,11-12,16H,2-5,9H2,1H3/t11-,12-. The molecule has 17 heavy (non-hydrogen) atoms. The average Bonchev–Trinajstić information content (AvgIpc) is 2.35. The molecule has 3 heteroatoms. The highest BCUT2D eigenvalue weighted by atomic mass is 79.9. The lowest BCUT2D eigenvalue weighted by Gasteiger charge is -2.28. The molecule has 1 aromatic carbocycles. The number of hydrogen-bond donors (Lipinski definition) is 1. The fourth-order valence-corrected chi connectivity index (χ4v) is 2.56. The van der Waals surface area contributed by atoms with Gasteiger partial charge in [-0.15, -0.1) is 0 Å². The minimum Gasteiger partial charge on any atom is -0.490 e. The summed E-state index contributed by atoms with van der Waals surface area (Å²) in [7, 11) is 0. The van der Waals surface area contributed by atoms with E-state index in [1.54, 1.807) is 0 Å². The maximum absolute atomic E-state index is 9.09. The number of ether oxygens (including phenoxy) is 1. The van der Waals surface area contributed by atoms with Crippen molar-refractivity contribution in [2.75, 3.05) is 6.61 Å². The lowest BCUT2D eigenvalue weighted by molar-refractivity contribution is 0.104. The number of benzene rings is 1. The van der Waals surface area contributed by atoms with Gasteiger partial charge in [-0.05, 0) is 62.3 Å². The Bertz CT molecular complexity index is 370. The molecule has 1 fully saturated rings. The Kier molecular flexibility index (Phi) is 4.46. The van der Waals surface area contributed by atoms with E-state index in [1.165, 1.54) is 5.56 Å². The minimum atomic E-state index is 0.318. The highest BCUT2D eigenvalue weighted by Gasteiger charge is 2.21. The van der Waals surface area contributed by atoms with E-state index in [0.29, 0.717) is 18.6 Å². The van der Waals surface area contributed by atoms with Crippen molar-refractivity contribution in [3.63, 3.8) is 0 Å².